The lowest BCUT2D eigenvalue weighted by Gasteiger charge is -2.00. The first-order valence-corrected chi connectivity index (χ1v) is 8.15. The summed E-state index contributed by atoms with van der Waals surface area (Å²) >= 11 is 2.16. The second kappa shape index (κ2) is 6.84. The van der Waals surface area contributed by atoms with Crippen LogP contribution >= 0.6 is 22.6 Å². The number of rotatable bonds is 3. The summed E-state index contributed by atoms with van der Waals surface area (Å²) in [6.07, 6.45) is 5.35. The number of halogens is 1. The summed E-state index contributed by atoms with van der Waals surface area (Å²) in [5.41, 5.74) is 1.41. The van der Waals surface area contributed by atoms with Crippen molar-refractivity contribution in [1.29, 1.82) is 0 Å². The van der Waals surface area contributed by atoms with Crippen LogP contribution in [0, 0.1) is 15.9 Å². The van der Waals surface area contributed by atoms with E-state index in [0.717, 1.165) is 9.09 Å². The van der Waals surface area contributed by atoms with E-state index < -0.39 is 5.91 Å². The van der Waals surface area contributed by atoms with E-state index in [2.05, 4.69) is 38.7 Å². The van der Waals surface area contributed by atoms with Crippen molar-refractivity contribution in [2.24, 2.45) is 10.2 Å². The van der Waals surface area contributed by atoms with Gasteiger partial charge in [0, 0.05) is 14.5 Å². The third-order valence-electron chi connectivity index (χ3n) is 3.50. The minimum Gasteiger partial charge on any atom is -0.493 e. The summed E-state index contributed by atoms with van der Waals surface area (Å²) in [6, 6.07) is 14.3. The number of para-hydroxylation sites is 1. The lowest BCUT2D eigenvalue weighted by molar-refractivity contribution is 0.0995. The molecule has 3 rings (SSSR count). The molecule has 0 unspecified atom stereocenters. The van der Waals surface area contributed by atoms with E-state index in [0.29, 0.717) is 10.9 Å². The lowest BCUT2D eigenvalue weighted by atomic mass is 10.2. The Kier molecular flexibility index (Phi) is 4.62. The molecular formula is C18H12IN3O2. The highest BCUT2D eigenvalue weighted by molar-refractivity contribution is 14.1. The van der Waals surface area contributed by atoms with E-state index in [1.165, 1.54) is 0 Å². The second-order valence-electron chi connectivity index (χ2n) is 4.99. The van der Waals surface area contributed by atoms with Gasteiger partial charge in [-0.1, -0.05) is 24.1 Å². The molecule has 2 aromatic carbocycles. The molecule has 3 aromatic rings. The van der Waals surface area contributed by atoms with Crippen molar-refractivity contribution < 1.29 is 9.90 Å². The van der Waals surface area contributed by atoms with Crippen LogP contribution < -0.4 is 0 Å². The van der Waals surface area contributed by atoms with Crippen LogP contribution in [-0.2, 0) is 6.54 Å². The average Bonchev–Trinajstić information content (AvgIpc) is 2.86. The largest absolute Gasteiger partial charge is 0.493 e. The highest BCUT2D eigenvalue weighted by atomic mass is 127. The molecule has 0 saturated heterocycles. The van der Waals surface area contributed by atoms with E-state index in [1.54, 1.807) is 22.8 Å². The third kappa shape index (κ3) is 3.03. The van der Waals surface area contributed by atoms with E-state index in [1.807, 2.05) is 30.3 Å². The van der Waals surface area contributed by atoms with Crippen molar-refractivity contribution in [3.8, 4) is 18.2 Å². The van der Waals surface area contributed by atoms with Crippen molar-refractivity contribution in [2.45, 2.75) is 6.54 Å². The summed E-state index contributed by atoms with van der Waals surface area (Å²) in [5, 5.41) is 18.8. The van der Waals surface area contributed by atoms with Crippen LogP contribution in [0.2, 0.25) is 0 Å². The first kappa shape index (κ1) is 16.2. The first-order chi connectivity index (χ1) is 11.6. The second-order valence-corrected chi connectivity index (χ2v) is 6.24. The zero-order valence-electron chi connectivity index (χ0n) is 12.5. The van der Waals surface area contributed by atoms with Gasteiger partial charge in [0.15, 0.2) is 5.69 Å². The molecule has 1 N–H and O–H groups in total. The predicted molar refractivity (Wildman–Crippen MR) is 100 cm³/mol. The van der Waals surface area contributed by atoms with Gasteiger partial charge in [-0.25, -0.2) is 0 Å². The van der Waals surface area contributed by atoms with Gasteiger partial charge in [0.05, 0.1) is 12.1 Å². The SMILES string of the molecule is C#CCn1c(O)c(N=NC(=O)c2ccc(I)cc2)c2ccccc21. The van der Waals surface area contributed by atoms with Gasteiger partial charge in [-0.3, -0.25) is 9.36 Å². The van der Waals surface area contributed by atoms with E-state index in [9.17, 15) is 9.90 Å². The number of amides is 1. The monoisotopic (exact) mass is 429 g/mol. The van der Waals surface area contributed by atoms with Crippen LogP contribution in [0.1, 0.15) is 10.4 Å². The number of carbonyl (C=O) groups is 1. The third-order valence-corrected chi connectivity index (χ3v) is 4.22. The number of terminal acetylenes is 1. The molecule has 1 aromatic heterocycles. The number of hydrogen-bond acceptors (Lipinski definition) is 3. The Bertz CT molecular complexity index is 982. The molecule has 0 aliphatic heterocycles. The smallest absolute Gasteiger partial charge is 0.295 e. The zero-order chi connectivity index (χ0) is 17.1. The number of azo groups is 1. The number of carbonyl (C=O) groups excluding carboxylic acids is 1. The molecule has 0 aliphatic carbocycles. The van der Waals surface area contributed by atoms with Crippen LogP contribution in [0.5, 0.6) is 5.88 Å². The molecule has 0 spiro atoms. The molecule has 1 amide bonds. The summed E-state index contributed by atoms with van der Waals surface area (Å²) < 4.78 is 2.58. The normalized spacial score (nSPS) is 11.0. The molecule has 6 heteroatoms. The van der Waals surface area contributed by atoms with Crippen molar-refractivity contribution in [2.75, 3.05) is 0 Å². The van der Waals surface area contributed by atoms with Crippen molar-refractivity contribution in [3.63, 3.8) is 0 Å². The topological polar surface area (TPSA) is 66.9 Å². The molecular weight excluding hydrogens is 417 g/mol. The maximum atomic E-state index is 12.1. The molecule has 118 valence electrons. The number of nitrogens with zero attached hydrogens (tertiary/aromatic N) is 3. The first-order valence-electron chi connectivity index (χ1n) is 7.07. The zero-order valence-corrected chi connectivity index (χ0v) is 14.6. The Hall–Kier alpha value is -2.66. The van der Waals surface area contributed by atoms with E-state index >= 15 is 0 Å². The number of aromatic nitrogens is 1. The maximum Gasteiger partial charge on any atom is 0.295 e. The van der Waals surface area contributed by atoms with Gasteiger partial charge in [0.2, 0.25) is 5.88 Å². The standard InChI is InChI=1S/C18H12IN3O2/c1-2-11-22-15-6-4-3-5-14(15)16(18(22)24)20-21-17(23)12-7-9-13(19)10-8-12/h1,3-10,24H,11H2. The fourth-order valence-electron chi connectivity index (χ4n) is 2.37. The van der Waals surface area contributed by atoms with Gasteiger partial charge in [0.1, 0.15) is 0 Å². The highest BCUT2D eigenvalue weighted by Gasteiger charge is 2.16. The lowest BCUT2D eigenvalue weighted by Crippen LogP contribution is -1.94. The van der Waals surface area contributed by atoms with Crippen LogP contribution in [0.15, 0.2) is 58.8 Å². The molecule has 24 heavy (non-hydrogen) atoms. The fraction of sp³-hybridized carbons (Fsp3) is 0.0556. The van der Waals surface area contributed by atoms with Crippen LogP contribution in [0.25, 0.3) is 10.9 Å². The number of aromatic hydroxyl groups is 1. The molecule has 0 fully saturated rings. The Morgan fingerprint density at radius 3 is 2.62 bits per heavy atom. The van der Waals surface area contributed by atoms with Gasteiger partial charge in [-0.2, -0.15) is 0 Å². The van der Waals surface area contributed by atoms with E-state index in [4.69, 9.17) is 6.42 Å². The molecule has 1 heterocycles. The number of benzene rings is 2. The average molecular weight is 429 g/mol. The summed E-state index contributed by atoms with van der Waals surface area (Å²) in [5.74, 6) is 1.91. The molecule has 0 saturated carbocycles. The van der Waals surface area contributed by atoms with Crippen molar-refractivity contribution in [3.05, 3.63) is 57.7 Å². The van der Waals surface area contributed by atoms with Gasteiger partial charge in [0.25, 0.3) is 5.91 Å². The van der Waals surface area contributed by atoms with Crippen LogP contribution in [-0.4, -0.2) is 15.6 Å². The number of fused-ring (bicyclic) bond motifs is 1. The quantitative estimate of drug-likeness (QED) is 0.378. The Labute approximate surface area is 152 Å². The minimum atomic E-state index is -0.473. The Morgan fingerprint density at radius 2 is 1.92 bits per heavy atom. The molecule has 0 aliphatic rings. The molecule has 0 radical (unpaired) electrons. The van der Waals surface area contributed by atoms with Crippen molar-refractivity contribution in [1.82, 2.24) is 4.57 Å². The van der Waals surface area contributed by atoms with Gasteiger partial charge in [-0.15, -0.1) is 16.7 Å². The Balaban J connectivity index is 2.01. The van der Waals surface area contributed by atoms with Gasteiger partial charge >= 0.3 is 0 Å². The van der Waals surface area contributed by atoms with Crippen molar-refractivity contribution >= 4 is 45.1 Å². The van der Waals surface area contributed by atoms with Gasteiger partial charge < -0.3 is 5.11 Å². The predicted octanol–water partition coefficient (Wildman–Crippen LogP) is 4.51. The van der Waals surface area contributed by atoms with E-state index in [-0.39, 0.29) is 18.1 Å². The summed E-state index contributed by atoms with van der Waals surface area (Å²) in [6.45, 7) is 0.201. The number of hydrogen-bond donors (Lipinski definition) is 1. The summed E-state index contributed by atoms with van der Waals surface area (Å²) in [7, 11) is 0. The molecule has 5 nitrogen and oxygen atoms in total. The molecule has 0 atom stereocenters. The highest BCUT2D eigenvalue weighted by Crippen LogP contribution is 2.38. The minimum absolute atomic E-state index is 0.103. The van der Waals surface area contributed by atoms with Crippen LogP contribution in [0.4, 0.5) is 5.69 Å². The Morgan fingerprint density at radius 1 is 1.21 bits per heavy atom. The fourth-order valence-corrected chi connectivity index (χ4v) is 2.73. The molecule has 0 bridgehead atoms. The van der Waals surface area contributed by atoms with Crippen LogP contribution in [0.3, 0.4) is 0 Å². The van der Waals surface area contributed by atoms with Gasteiger partial charge in [-0.05, 0) is 52.9 Å². The maximum absolute atomic E-state index is 12.1. The summed E-state index contributed by atoms with van der Waals surface area (Å²) in [4.78, 5) is 12.1.